The average Bonchev–Trinajstić information content (AvgIpc) is 3.49. The Balaban J connectivity index is 0.000000216. The third-order valence-electron chi connectivity index (χ3n) is 5.46. The summed E-state index contributed by atoms with van der Waals surface area (Å²) < 4.78 is 16.0. The number of aliphatic hydroxyl groups is 2. The number of nitrogens with one attached hydrogen (secondary N) is 2. The number of H-pyrrole nitrogens is 1. The molecule has 0 aliphatic carbocycles. The van der Waals surface area contributed by atoms with Crippen molar-refractivity contribution in [3.05, 3.63) is 81.8 Å². The normalized spacial score (nSPS) is 12.9. The van der Waals surface area contributed by atoms with Gasteiger partial charge in [-0.2, -0.15) is 0 Å². The van der Waals surface area contributed by atoms with E-state index in [1.165, 1.54) is 10.1 Å². The molecule has 0 bridgehead atoms. The van der Waals surface area contributed by atoms with E-state index in [9.17, 15) is 14.4 Å². The molecule has 0 unspecified atom stereocenters. The molecule has 3 aromatic rings. The molecular formula is C25H30N6O8. The number of carbonyl (C=O) groups is 2. The Bertz CT molecular complexity index is 1360. The van der Waals surface area contributed by atoms with Crippen molar-refractivity contribution in [3.63, 3.8) is 0 Å². The first-order valence-corrected chi connectivity index (χ1v) is 11.8. The summed E-state index contributed by atoms with van der Waals surface area (Å²) in [7, 11) is 3.14. The molecule has 2 aromatic carbocycles. The molecule has 208 valence electrons. The van der Waals surface area contributed by atoms with Crippen LogP contribution in [0.25, 0.3) is 5.69 Å². The minimum atomic E-state index is -1.01. The molecule has 0 saturated carbocycles. The molecule has 1 aliphatic rings. The Hall–Kier alpha value is -4.98. The Labute approximate surface area is 223 Å². The number of rotatable bonds is 8. The van der Waals surface area contributed by atoms with E-state index in [4.69, 9.17) is 24.4 Å². The van der Waals surface area contributed by atoms with Crippen molar-refractivity contribution in [2.75, 3.05) is 27.4 Å². The number of nitrogens with zero attached hydrogens (tertiary/aromatic N) is 4. The summed E-state index contributed by atoms with van der Waals surface area (Å²) in [5.74, 6) is -0.827. The maximum absolute atomic E-state index is 12.1. The summed E-state index contributed by atoms with van der Waals surface area (Å²) in [6.07, 6.45) is 0. The van der Waals surface area contributed by atoms with E-state index in [0.29, 0.717) is 24.5 Å². The Morgan fingerprint density at radius 2 is 1.54 bits per heavy atom. The molecule has 1 aliphatic heterocycles. The number of aliphatic hydroxyl groups excluding tert-OH is 1. The lowest BCUT2D eigenvalue weighted by Crippen LogP contribution is -2.42. The fourth-order valence-electron chi connectivity index (χ4n) is 3.47. The standard InChI is InChI=1S/C13H17N3O4.C12H13N3O4/c1-3-16-14-11(13(18)19)12(17)15(16)8-9-4-6-10(20-2)7-5-9;1-3-19-12(17)10-11(16)15(14-13-10)8-4-6-9(18-2)7-5-8/h4-7,14,18-19H,3,8H2,1-2H3;4-7,14H,3H2,1-2H3. The van der Waals surface area contributed by atoms with Crippen molar-refractivity contribution in [3.8, 4) is 17.2 Å². The van der Waals surface area contributed by atoms with Crippen molar-refractivity contribution in [1.82, 2.24) is 30.5 Å². The molecule has 4 rings (SSSR count). The highest BCUT2D eigenvalue weighted by Gasteiger charge is 2.35. The lowest BCUT2D eigenvalue weighted by Gasteiger charge is -2.25. The summed E-state index contributed by atoms with van der Waals surface area (Å²) >= 11 is 0. The second kappa shape index (κ2) is 13.0. The van der Waals surface area contributed by atoms with Crippen LogP contribution in [0.4, 0.5) is 0 Å². The van der Waals surface area contributed by atoms with Crippen LogP contribution < -0.4 is 20.5 Å². The van der Waals surface area contributed by atoms with Crippen LogP contribution in [0, 0.1) is 0 Å². The zero-order chi connectivity index (χ0) is 28.5. The number of amides is 1. The molecule has 0 atom stereocenters. The van der Waals surface area contributed by atoms with Crippen LogP contribution in [0.1, 0.15) is 29.9 Å². The number of aromatic amines is 1. The number of carbonyl (C=O) groups excluding carboxylic acids is 2. The van der Waals surface area contributed by atoms with Gasteiger partial charge in [0.1, 0.15) is 11.5 Å². The van der Waals surface area contributed by atoms with E-state index < -0.39 is 23.4 Å². The monoisotopic (exact) mass is 542 g/mol. The minimum Gasteiger partial charge on any atom is -0.497 e. The number of esters is 1. The van der Waals surface area contributed by atoms with Gasteiger partial charge in [0.05, 0.1) is 33.1 Å². The van der Waals surface area contributed by atoms with Crippen molar-refractivity contribution in [2.24, 2.45) is 0 Å². The molecule has 0 radical (unpaired) electrons. The Morgan fingerprint density at radius 3 is 2.05 bits per heavy atom. The highest BCUT2D eigenvalue weighted by molar-refractivity contribution is 5.94. The first-order valence-electron chi connectivity index (χ1n) is 11.8. The van der Waals surface area contributed by atoms with Crippen molar-refractivity contribution < 1.29 is 34.0 Å². The van der Waals surface area contributed by atoms with Crippen LogP contribution in [-0.4, -0.2) is 74.6 Å². The van der Waals surface area contributed by atoms with Gasteiger partial charge in [-0.15, -0.1) is 10.2 Å². The summed E-state index contributed by atoms with van der Waals surface area (Å²) in [5, 5.41) is 27.2. The molecule has 2 heterocycles. The number of benzene rings is 2. The highest BCUT2D eigenvalue weighted by atomic mass is 16.5. The fraction of sp³-hybridized carbons (Fsp3) is 0.280. The molecular weight excluding hydrogens is 512 g/mol. The van der Waals surface area contributed by atoms with Crippen molar-refractivity contribution >= 4 is 11.9 Å². The van der Waals surface area contributed by atoms with Crippen LogP contribution >= 0.6 is 0 Å². The molecule has 14 heteroatoms. The number of methoxy groups -OCH3 is 2. The van der Waals surface area contributed by atoms with Gasteiger partial charge in [0.15, 0.2) is 5.70 Å². The molecule has 14 nitrogen and oxygen atoms in total. The molecule has 4 N–H and O–H groups in total. The van der Waals surface area contributed by atoms with Crippen molar-refractivity contribution in [1.29, 1.82) is 0 Å². The number of hydrogen-bond donors (Lipinski definition) is 4. The van der Waals surface area contributed by atoms with Gasteiger partial charge >= 0.3 is 17.5 Å². The predicted molar refractivity (Wildman–Crippen MR) is 138 cm³/mol. The lowest BCUT2D eigenvalue weighted by atomic mass is 10.2. The van der Waals surface area contributed by atoms with Gasteiger partial charge in [-0.1, -0.05) is 12.1 Å². The maximum atomic E-state index is 12.1. The lowest BCUT2D eigenvalue weighted by molar-refractivity contribution is -0.139. The SMILES string of the molecule is CCN1NC(=C(O)O)C(=O)N1Cc1ccc(OC)cc1.CCOC(=O)c1n[nH]n(-c2ccc(OC)cc2)c1=O. The van der Waals surface area contributed by atoms with E-state index in [2.05, 4.69) is 15.7 Å². The molecule has 1 saturated heterocycles. The smallest absolute Gasteiger partial charge is 0.364 e. The van der Waals surface area contributed by atoms with Gasteiger partial charge in [0, 0.05) is 6.54 Å². The summed E-state index contributed by atoms with van der Waals surface area (Å²) in [5.41, 5.74) is 3.06. The summed E-state index contributed by atoms with van der Waals surface area (Å²) in [4.78, 5) is 35.5. The zero-order valence-electron chi connectivity index (χ0n) is 21.9. The maximum Gasteiger partial charge on any atom is 0.364 e. The van der Waals surface area contributed by atoms with Crippen LogP contribution in [0.15, 0.2) is 65.0 Å². The Kier molecular flexibility index (Phi) is 9.53. The number of hydrazine groups is 2. The quantitative estimate of drug-likeness (QED) is 0.186. The number of hydrogen-bond acceptors (Lipinski definition) is 11. The zero-order valence-corrected chi connectivity index (χ0v) is 21.9. The predicted octanol–water partition coefficient (Wildman–Crippen LogP) is 1.81. The van der Waals surface area contributed by atoms with Gasteiger partial charge in [-0.3, -0.25) is 15.0 Å². The molecule has 1 amide bonds. The van der Waals surface area contributed by atoms with Crippen LogP contribution in [0.3, 0.4) is 0 Å². The third kappa shape index (κ3) is 6.67. The average molecular weight is 543 g/mol. The van der Waals surface area contributed by atoms with Crippen LogP contribution in [0.2, 0.25) is 0 Å². The van der Waals surface area contributed by atoms with Crippen molar-refractivity contribution in [2.45, 2.75) is 20.4 Å². The minimum absolute atomic E-state index is 0.188. The third-order valence-corrected chi connectivity index (χ3v) is 5.46. The molecule has 0 spiro atoms. The second-order valence-electron chi connectivity index (χ2n) is 7.86. The second-order valence-corrected chi connectivity index (χ2v) is 7.86. The van der Waals surface area contributed by atoms with Gasteiger partial charge in [0.25, 0.3) is 5.91 Å². The molecule has 1 aromatic heterocycles. The van der Waals surface area contributed by atoms with Gasteiger partial charge in [0.2, 0.25) is 5.69 Å². The molecule has 1 fully saturated rings. The van der Waals surface area contributed by atoms with Gasteiger partial charge in [-0.05, 0) is 55.8 Å². The highest BCUT2D eigenvalue weighted by Crippen LogP contribution is 2.19. The number of aromatic nitrogens is 3. The first-order chi connectivity index (χ1) is 18.7. The Morgan fingerprint density at radius 1 is 0.949 bits per heavy atom. The molecule has 39 heavy (non-hydrogen) atoms. The largest absolute Gasteiger partial charge is 0.497 e. The van der Waals surface area contributed by atoms with Gasteiger partial charge < -0.3 is 24.4 Å². The van der Waals surface area contributed by atoms with Crippen LogP contribution in [0.5, 0.6) is 11.5 Å². The van der Waals surface area contributed by atoms with E-state index in [-0.39, 0.29) is 18.0 Å². The number of ether oxygens (including phenoxy) is 3. The fourth-order valence-corrected chi connectivity index (χ4v) is 3.47. The topological polar surface area (TPSA) is 171 Å². The van der Waals surface area contributed by atoms with E-state index in [1.807, 2.05) is 19.1 Å². The van der Waals surface area contributed by atoms with E-state index >= 15 is 0 Å². The summed E-state index contributed by atoms with van der Waals surface area (Å²) in [6, 6.07) is 14.1. The first kappa shape index (κ1) is 28.6. The van der Waals surface area contributed by atoms with E-state index in [0.717, 1.165) is 16.0 Å². The van der Waals surface area contributed by atoms with Crippen LogP contribution in [-0.2, 0) is 16.1 Å². The van der Waals surface area contributed by atoms with Gasteiger partial charge in [-0.25, -0.2) is 19.7 Å². The summed E-state index contributed by atoms with van der Waals surface area (Å²) in [6.45, 7) is 4.51. The van der Waals surface area contributed by atoms with E-state index in [1.54, 1.807) is 57.5 Å².